The van der Waals surface area contributed by atoms with Gasteiger partial charge in [-0.15, -0.1) is 24.8 Å². The molecule has 1 amide bonds. The molecule has 1 aromatic heterocycles. The molecule has 4 nitrogen and oxygen atoms in total. The summed E-state index contributed by atoms with van der Waals surface area (Å²) in [5.41, 5.74) is 5.88. The maximum Gasteiger partial charge on any atom is 0.253 e. The average molecular weight is 294 g/mol. The topological polar surface area (TPSA) is 68.0 Å². The normalized spacial score (nSPS) is 12.9. The molecule has 3 N–H and O–H groups in total. The van der Waals surface area contributed by atoms with Crippen LogP contribution in [-0.4, -0.2) is 23.0 Å². The van der Waals surface area contributed by atoms with E-state index in [9.17, 15) is 4.79 Å². The molecule has 0 radical (unpaired) electrons. The number of nitrogens with zero attached hydrogens (tertiary/aromatic N) is 1. The van der Waals surface area contributed by atoms with Crippen molar-refractivity contribution in [3.63, 3.8) is 0 Å². The third kappa shape index (κ3) is 4.80. The Morgan fingerprint density at radius 3 is 2.50 bits per heavy atom. The lowest BCUT2D eigenvalue weighted by Crippen LogP contribution is -2.55. The van der Waals surface area contributed by atoms with Gasteiger partial charge in [0.2, 0.25) is 0 Å². The SMILES string of the molecule is CC(C)C(C)(CN)NC(=O)c1cccnc1.Cl.Cl. The minimum absolute atomic E-state index is 0. The minimum Gasteiger partial charge on any atom is -0.345 e. The van der Waals surface area contributed by atoms with Gasteiger partial charge in [0.05, 0.1) is 11.1 Å². The largest absolute Gasteiger partial charge is 0.345 e. The molecule has 0 saturated heterocycles. The molecule has 1 rings (SSSR count). The van der Waals surface area contributed by atoms with Crippen LogP contribution in [0.4, 0.5) is 0 Å². The number of aromatic nitrogens is 1. The molecule has 104 valence electrons. The highest BCUT2D eigenvalue weighted by Gasteiger charge is 2.28. The van der Waals surface area contributed by atoms with Crippen molar-refractivity contribution in [3.05, 3.63) is 30.1 Å². The van der Waals surface area contributed by atoms with E-state index in [1.165, 1.54) is 0 Å². The Morgan fingerprint density at radius 2 is 2.11 bits per heavy atom. The summed E-state index contributed by atoms with van der Waals surface area (Å²) in [5, 5.41) is 2.95. The van der Waals surface area contributed by atoms with Gasteiger partial charge in [0.25, 0.3) is 5.91 Å². The molecule has 1 heterocycles. The Balaban J connectivity index is 0. The molecule has 0 fully saturated rings. The zero-order valence-corrected chi connectivity index (χ0v) is 12.5. The van der Waals surface area contributed by atoms with Gasteiger partial charge in [0, 0.05) is 18.9 Å². The van der Waals surface area contributed by atoms with Crippen molar-refractivity contribution in [2.45, 2.75) is 26.3 Å². The van der Waals surface area contributed by atoms with Gasteiger partial charge in [-0.05, 0) is 25.0 Å². The second kappa shape index (κ2) is 8.29. The molecule has 0 aliphatic carbocycles. The first-order valence-electron chi connectivity index (χ1n) is 5.42. The summed E-state index contributed by atoms with van der Waals surface area (Å²) < 4.78 is 0. The molecule has 0 bridgehead atoms. The number of nitrogens with one attached hydrogen (secondary N) is 1. The third-order valence-corrected chi connectivity index (χ3v) is 3.02. The van der Waals surface area contributed by atoms with Crippen molar-refractivity contribution in [2.24, 2.45) is 11.7 Å². The lowest BCUT2D eigenvalue weighted by Gasteiger charge is -2.33. The monoisotopic (exact) mass is 293 g/mol. The number of hydrogen-bond donors (Lipinski definition) is 2. The number of amides is 1. The van der Waals surface area contributed by atoms with Crippen molar-refractivity contribution in [1.29, 1.82) is 0 Å². The van der Waals surface area contributed by atoms with Crippen LogP contribution in [0.1, 0.15) is 31.1 Å². The van der Waals surface area contributed by atoms with Crippen molar-refractivity contribution < 1.29 is 4.79 Å². The van der Waals surface area contributed by atoms with Crippen LogP contribution in [-0.2, 0) is 0 Å². The number of carbonyl (C=O) groups is 1. The predicted molar refractivity (Wildman–Crippen MR) is 78.5 cm³/mol. The maximum atomic E-state index is 11.9. The van der Waals surface area contributed by atoms with Crippen molar-refractivity contribution in [3.8, 4) is 0 Å². The summed E-state index contributed by atoms with van der Waals surface area (Å²) >= 11 is 0. The lowest BCUT2D eigenvalue weighted by molar-refractivity contribution is 0.0883. The van der Waals surface area contributed by atoms with Crippen molar-refractivity contribution in [2.75, 3.05) is 6.54 Å². The van der Waals surface area contributed by atoms with Crippen molar-refractivity contribution in [1.82, 2.24) is 10.3 Å². The molecule has 0 saturated carbocycles. The Bertz CT molecular complexity index is 360. The van der Waals surface area contributed by atoms with Crippen LogP contribution in [0.3, 0.4) is 0 Å². The predicted octanol–water partition coefficient (Wildman–Crippen LogP) is 2.03. The fraction of sp³-hybridized carbons (Fsp3) is 0.500. The van der Waals surface area contributed by atoms with Gasteiger partial charge in [-0.25, -0.2) is 0 Å². The number of rotatable bonds is 4. The molecule has 0 aliphatic rings. The van der Waals surface area contributed by atoms with E-state index in [-0.39, 0.29) is 42.2 Å². The van der Waals surface area contributed by atoms with Gasteiger partial charge in [-0.3, -0.25) is 9.78 Å². The average Bonchev–Trinajstić information content (AvgIpc) is 2.29. The van der Waals surface area contributed by atoms with E-state index in [2.05, 4.69) is 10.3 Å². The van der Waals surface area contributed by atoms with Crippen LogP contribution in [0.25, 0.3) is 0 Å². The molecule has 0 aliphatic heterocycles. The van der Waals surface area contributed by atoms with Gasteiger partial charge < -0.3 is 11.1 Å². The zero-order valence-electron chi connectivity index (χ0n) is 10.8. The fourth-order valence-corrected chi connectivity index (χ4v) is 1.26. The van der Waals surface area contributed by atoms with Gasteiger partial charge in [-0.1, -0.05) is 13.8 Å². The lowest BCUT2D eigenvalue weighted by atomic mass is 9.88. The van der Waals surface area contributed by atoms with Crippen LogP contribution in [0.5, 0.6) is 0 Å². The standard InChI is InChI=1S/C12H19N3O.2ClH/c1-9(2)12(3,8-13)15-11(16)10-5-4-6-14-7-10;;/h4-7,9H,8,13H2,1-3H3,(H,15,16);2*1H. The van der Waals surface area contributed by atoms with E-state index in [4.69, 9.17) is 5.73 Å². The number of nitrogens with two attached hydrogens (primary N) is 1. The minimum atomic E-state index is -0.382. The van der Waals surface area contributed by atoms with Crippen LogP contribution in [0.15, 0.2) is 24.5 Å². The Morgan fingerprint density at radius 1 is 1.50 bits per heavy atom. The molecular weight excluding hydrogens is 273 g/mol. The summed E-state index contributed by atoms with van der Waals surface area (Å²) in [4.78, 5) is 15.8. The molecule has 1 unspecified atom stereocenters. The van der Waals surface area contributed by atoms with Crippen LogP contribution >= 0.6 is 24.8 Å². The number of carbonyl (C=O) groups excluding carboxylic acids is 1. The molecule has 1 aromatic rings. The number of pyridine rings is 1. The highest BCUT2D eigenvalue weighted by molar-refractivity contribution is 5.94. The van der Waals surface area contributed by atoms with Gasteiger partial charge in [0.15, 0.2) is 0 Å². The Hall–Kier alpha value is -0.840. The zero-order chi connectivity index (χ0) is 12.2. The molecule has 18 heavy (non-hydrogen) atoms. The molecule has 1 atom stereocenters. The molecular formula is C12H21Cl2N3O. The highest BCUT2D eigenvalue weighted by atomic mass is 35.5. The second-order valence-corrected chi connectivity index (χ2v) is 4.47. The van der Waals surface area contributed by atoms with E-state index in [1.807, 2.05) is 20.8 Å². The van der Waals surface area contributed by atoms with Crippen LogP contribution in [0.2, 0.25) is 0 Å². The fourth-order valence-electron chi connectivity index (χ4n) is 1.26. The third-order valence-electron chi connectivity index (χ3n) is 3.02. The van der Waals surface area contributed by atoms with E-state index < -0.39 is 0 Å². The Kier molecular flexibility index (Phi) is 8.99. The van der Waals surface area contributed by atoms with Gasteiger partial charge in [-0.2, -0.15) is 0 Å². The number of hydrogen-bond acceptors (Lipinski definition) is 3. The van der Waals surface area contributed by atoms with Crippen LogP contribution < -0.4 is 11.1 Å². The molecule has 6 heteroatoms. The quantitative estimate of drug-likeness (QED) is 0.892. The van der Waals surface area contributed by atoms with E-state index in [1.54, 1.807) is 24.5 Å². The molecule has 0 aromatic carbocycles. The highest BCUT2D eigenvalue weighted by Crippen LogP contribution is 2.15. The summed E-state index contributed by atoms with van der Waals surface area (Å²) in [6.07, 6.45) is 3.19. The summed E-state index contributed by atoms with van der Waals surface area (Å²) in [6, 6.07) is 3.48. The molecule has 0 spiro atoms. The van der Waals surface area contributed by atoms with E-state index in [0.717, 1.165) is 0 Å². The van der Waals surface area contributed by atoms with E-state index in [0.29, 0.717) is 12.1 Å². The number of halogens is 2. The van der Waals surface area contributed by atoms with Crippen LogP contribution in [0, 0.1) is 5.92 Å². The van der Waals surface area contributed by atoms with E-state index >= 15 is 0 Å². The van der Waals surface area contributed by atoms with Gasteiger partial charge >= 0.3 is 0 Å². The maximum absolute atomic E-state index is 11.9. The first-order chi connectivity index (χ1) is 7.49. The first-order valence-corrected chi connectivity index (χ1v) is 5.42. The second-order valence-electron chi connectivity index (χ2n) is 4.47. The van der Waals surface area contributed by atoms with Gasteiger partial charge in [0.1, 0.15) is 0 Å². The summed E-state index contributed by atoms with van der Waals surface area (Å²) in [6.45, 7) is 6.44. The Labute approximate surface area is 121 Å². The van der Waals surface area contributed by atoms with Crippen molar-refractivity contribution >= 4 is 30.7 Å². The first kappa shape index (κ1) is 19.5. The summed E-state index contributed by atoms with van der Waals surface area (Å²) in [7, 11) is 0. The smallest absolute Gasteiger partial charge is 0.253 e. The summed E-state index contributed by atoms with van der Waals surface area (Å²) in [5.74, 6) is 0.146.